The van der Waals surface area contributed by atoms with Crippen LogP contribution in [-0.2, 0) is 29.5 Å². The lowest BCUT2D eigenvalue weighted by atomic mass is 9.96. The van der Waals surface area contributed by atoms with Crippen molar-refractivity contribution in [3.05, 3.63) is 58.9 Å². The van der Waals surface area contributed by atoms with Gasteiger partial charge in [0.1, 0.15) is 0 Å². The Hall–Kier alpha value is -1.76. The second-order valence-electron chi connectivity index (χ2n) is 5.39. The summed E-state index contributed by atoms with van der Waals surface area (Å²) < 4.78 is 27.4. The fourth-order valence-electron chi connectivity index (χ4n) is 2.73. The summed E-state index contributed by atoms with van der Waals surface area (Å²) >= 11 is 0. The van der Waals surface area contributed by atoms with Gasteiger partial charge in [0, 0.05) is 25.0 Å². The van der Waals surface area contributed by atoms with Crippen molar-refractivity contribution >= 4 is 10.0 Å². The first-order chi connectivity index (χ1) is 10.6. The van der Waals surface area contributed by atoms with E-state index >= 15 is 0 Å². The Morgan fingerprint density at radius 3 is 2.82 bits per heavy atom. The van der Waals surface area contributed by atoms with Gasteiger partial charge in [0.05, 0.1) is 4.90 Å². The van der Waals surface area contributed by atoms with E-state index in [1.807, 2.05) is 13.1 Å². The molecule has 2 heterocycles. The van der Waals surface area contributed by atoms with Crippen molar-refractivity contribution in [3.63, 3.8) is 0 Å². The minimum atomic E-state index is -3.50. The fourth-order valence-corrected chi connectivity index (χ4v) is 3.74. The highest BCUT2D eigenvalue weighted by Gasteiger charge is 2.18. The lowest BCUT2D eigenvalue weighted by Crippen LogP contribution is -2.28. The van der Waals surface area contributed by atoms with E-state index in [0.717, 1.165) is 36.3 Å². The molecule has 0 saturated heterocycles. The smallest absolute Gasteiger partial charge is 0.240 e. The van der Waals surface area contributed by atoms with Crippen LogP contribution in [0.2, 0.25) is 0 Å². The van der Waals surface area contributed by atoms with E-state index in [4.69, 9.17) is 0 Å². The van der Waals surface area contributed by atoms with Gasteiger partial charge in [0.2, 0.25) is 10.0 Å². The van der Waals surface area contributed by atoms with Crippen LogP contribution in [0, 0.1) is 6.92 Å². The molecule has 0 unspecified atom stereocenters. The molecule has 0 atom stereocenters. The zero-order valence-electron chi connectivity index (χ0n) is 12.5. The highest BCUT2D eigenvalue weighted by Crippen LogP contribution is 2.21. The Balaban J connectivity index is 1.85. The van der Waals surface area contributed by atoms with Crippen LogP contribution in [0.4, 0.5) is 0 Å². The molecule has 1 aliphatic heterocycles. The lowest BCUT2D eigenvalue weighted by Gasteiger charge is -2.21. The molecule has 1 aromatic heterocycles. The summed E-state index contributed by atoms with van der Waals surface area (Å²) in [6, 6.07) is 8.43. The second kappa shape index (κ2) is 6.16. The number of benzene rings is 1. The molecule has 2 N–H and O–H groups in total. The van der Waals surface area contributed by atoms with Crippen LogP contribution < -0.4 is 10.0 Å². The largest absolute Gasteiger partial charge is 0.312 e. The molecule has 5 nitrogen and oxygen atoms in total. The van der Waals surface area contributed by atoms with Crippen LogP contribution in [0.3, 0.4) is 0 Å². The highest BCUT2D eigenvalue weighted by molar-refractivity contribution is 7.89. The number of pyridine rings is 1. The molecule has 0 bridgehead atoms. The van der Waals surface area contributed by atoms with Gasteiger partial charge in [0.15, 0.2) is 0 Å². The Bertz CT molecular complexity index is 773. The van der Waals surface area contributed by atoms with E-state index in [1.165, 1.54) is 5.56 Å². The third-order valence-electron chi connectivity index (χ3n) is 3.96. The predicted octanol–water partition coefficient (Wildman–Crippen LogP) is 1.51. The summed E-state index contributed by atoms with van der Waals surface area (Å²) in [5.41, 5.74) is 4.27. The SMILES string of the molecule is Cc1ncc2c(c1CNS(=O)(=O)c1ccccc1)CCNC2. The van der Waals surface area contributed by atoms with E-state index in [-0.39, 0.29) is 11.4 Å². The Kier molecular flexibility index (Phi) is 4.24. The summed E-state index contributed by atoms with van der Waals surface area (Å²) in [5, 5.41) is 3.31. The van der Waals surface area contributed by atoms with E-state index < -0.39 is 10.0 Å². The number of aryl methyl sites for hydroxylation is 1. The van der Waals surface area contributed by atoms with Crippen molar-refractivity contribution in [1.29, 1.82) is 0 Å². The maximum atomic E-state index is 12.3. The Labute approximate surface area is 130 Å². The molecule has 1 aromatic carbocycles. The third-order valence-corrected chi connectivity index (χ3v) is 5.38. The molecule has 6 heteroatoms. The quantitative estimate of drug-likeness (QED) is 0.897. The summed E-state index contributed by atoms with van der Waals surface area (Å²) in [5.74, 6) is 0. The molecule has 2 aromatic rings. The first-order valence-corrected chi connectivity index (χ1v) is 8.78. The summed E-state index contributed by atoms with van der Waals surface area (Å²) in [7, 11) is -3.50. The second-order valence-corrected chi connectivity index (χ2v) is 7.16. The number of sulfonamides is 1. The standard InChI is InChI=1S/C16H19N3O2S/c1-12-16(15-7-8-17-9-13(15)10-18-12)11-19-22(20,21)14-5-3-2-4-6-14/h2-6,10,17,19H,7-9,11H2,1H3. The van der Waals surface area contributed by atoms with Gasteiger partial charge in [-0.15, -0.1) is 0 Å². The maximum Gasteiger partial charge on any atom is 0.240 e. The molecule has 0 spiro atoms. The molecule has 3 rings (SSSR count). The van der Waals surface area contributed by atoms with Crippen molar-refractivity contribution in [2.75, 3.05) is 6.54 Å². The van der Waals surface area contributed by atoms with Crippen molar-refractivity contribution < 1.29 is 8.42 Å². The summed E-state index contributed by atoms with van der Waals surface area (Å²) in [6.45, 7) is 3.91. The molecule has 22 heavy (non-hydrogen) atoms. The number of nitrogens with zero attached hydrogens (tertiary/aromatic N) is 1. The van der Waals surface area contributed by atoms with Gasteiger partial charge >= 0.3 is 0 Å². The van der Waals surface area contributed by atoms with Gasteiger partial charge in [-0.05, 0) is 48.7 Å². The fraction of sp³-hybridized carbons (Fsp3) is 0.312. The lowest BCUT2D eigenvalue weighted by molar-refractivity contribution is 0.579. The third kappa shape index (κ3) is 3.04. The topological polar surface area (TPSA) is 71.1 Å². The van der Waals surface area contributed by atoms with Gasteiger partial charge in [-0.3, -0.25) is 4.98 Å². The maximum absolute atomic E-state index is 12.3. The van der Waals surface area contributed by atoms with Crippen LogP contribution in [0.25, 0.3) is 0 Å². The molecule has 0 aliphatic carbocycles. The van der Waals surface area contributed by atoms with Crippen LogP contribution in [-0.4, -0.2) is 19.9 Å². The van der Waals surface area contributed by atoms with Crippen molar-refractivity contribution in [2.24, 2.45) is 0 Å². The van der Waals surface area contributed by atoms with Crippen molar-refractivity contribution in [2.45, 2.75) is 31.3 Å². The van der Waals surface area contributed by atoms with Crippen LogP contribution in [0.5, 0.6) is 0 Å². The Morgan fingerprint density at radius 2 is 2.05 bits per heavy atom. The highest BCUT2D eigenvalue weighted by atomic mass is 32.2. The van der Waals surface area contributed by atoms with Gasteiger partial charge in [-0.2, -0.15) is 0 Å². The van der Waals surface area contributed by atoms with Crippen LogP contribution in [0.1, 0.15) is 22.4 Å². The van der Waals surface area contributed by atoms with Gasteiger partial charge in [-0.1, -0.05) is 18.2 Å². The molecule has 1 aliphatic rings. The zero-order chi connectivity index (χ0) is 15.6. The summed E-state index contributed by atoms with van der Waals surface area (Å²) in [4.78, 5) is 4.68. The monoisotopic (exact) mass is 317 g/mol. The molecule has 0 fully saturated rings. The minimum absolute atomic E-state index is 0.277. The van der Waals surface area contributed by atoms with E-state index in [9.17, 15) is 8.42 Å². The first kappa shape index (κ1) is 15.1. The Morgan fingerprint density at radius 1 is 1.27 bits per heavy atom. The van der Waals surface area contributed by atoms with E-state index in [1.54, 1.807) is 30.3 Å². The zero-order valence-corrected chi connectivity index (χ0v) is 13.3. The van der Waals surface area contributed by atoms with Gasteiger partial charge < -0.3 is 5.32 Å². The molecular weight excluding hydrogens is 298 g/mol. The minimum Gasteiger partial charge on any atom is -0.312 e. The first-order valence-electron chi connectivity index (χ1n) is 7.29. The van der Waals surface area contributed by atoms with Gasteiger partial charge in [0.25, 0.3) is 0 Å². The number of fused-ring (bicyclic) bond motifs is 1. The number of hydrogen-bond acceptors (Lipinski definition) is 4. The van der Waals surface area contributed by atoms with Crippen LogP contribution in [0.15, 0.2) is 41.4 Å². The van der Waals surface area contributed by atoms with Crippen molar-refractivity contribution in [1.82, 2.24) is 15.0 Å². The van der Waals surface area contributed by atoms with E-state index in [0.29, 0.717) is 0 Å². The molecule has 0 radical (unpaired) electrons. The number of rotatable bonds is 4. The average Bonchev–Trinajstić information content (AvgIpc) is 2.55. The van der Waals surface area contributed by atoms with E-state index in [2.05, 4.69) is 15.0 Å². The average molecular weight is 317 g/mol. The summed E-state index contributed by atoms with van der Waals surface area (Å²) in [6.07, 6.45) is 2.78. The van der Waals surface area contributed by atoms with Crippen molar-refractivity contribution in [3.8, 4) is 0 Å². The normalized spacial score (nSPS) is 14.6. The molecule has 116 valence electrons. The number of nitrogens with one attached hydrogen (secondary N) is 2. The predicted molar refractivity (Wildman–Crippen MR) is 84.9 cm³/mol. The molecular formula is C16H19N3O2S. The van der Waals surface area contributed by atoms with Gasteiger partial charge in [-0.25, -0.2) is 13.1 Å². The molecule has 0 saturated carbocycles. The molecule has 0 amide bonds. The van der Waals surface area contributed by atoms with Crippen LogP contribution >= 0.6 is 0 Å². The number of aromatic nitrogens is 1. The number of hydrogen-bond donors (Lipinski definition) is 2.